The number of hydrogen-bond donors (Lipinski definition) is 2. The van der Waals surface area contributed by atoms with E-state index in [1.807, 2.05) is 23.2 Å². The molecule has 0 atom stereocenters. The van der Waals surface area contributed by atoms with Crippen molar-refractivity contribution in [3.05, 3.63) is 44.8 Å². The van der Waals surface area contributed by atoms with Crippen LogP contribution in [-0.2, 0) is 20.1 Å². The number of nitrogens with zero attached hydrogens (tertiary/aromatic N) is 1. The Balaban J connectivity index is 1.82. The van der Waals surface area contributed by atoms with Crippen molar-refractivity contribution in [2.75, 3.05) is 0 Å². The summed E-state index contributed by atoms with van der Waals surface area (Å²) in [5.74, 6) is 0. The molecule has 5 heteroatoms. The van der Waals surface area contributed by atoms with Gasteiger partial charge in [0.15, 0.2) is 0 Å². The average molecular weight is 223 g/mol. The van der Waals surface area contributed by atoms with Gasteiger partial charge in [-0.05, 0) is 11.6 Å². The summed E-state index contributed by atoms with van der Waals surface area (Å²) in [6, 6.07) is 2.07. The first-order valence-electron chi connectivity index (χ1n) is 4.72. The molecule has 2 aromatic rings. The highest BCUT2D eigenvalue weighted by Crippen LogP contribution is 2.00. The summed E-state index contributed by atoms with van der Waals surface area (Å²) in [6.07, 6.45) is 4.09. The Kier molecular flexibility index (Phi) is 3.03. The number of aromatic nitrogens is 2. The number of aryl methyl sites for hydroxylation is 1. The molecule has 80 valence electrons. The van der Waals surface area contributed by atoms with Crippen molar-refractivity contribution in [2.24, 2.45) is 7.05 Å². The van der Waals surface area contributed by atoms with Crippen molar-refractivity contribution in [3.8, 4) is 0 Å². The van der Waals surface area contributed by atoms with E-state index >= 15 is 0 Å². The number of rotatable bonds is 4. The minimum atomic E-state index is 0.00603. The maximum Gasteiger partial charge on any atom is 0.304 e. The zero-order chi connectivity index (χ0) is 10.7. The number of aromatic amines is 1. The predicted molar refractivity (Wildman–Crippen MR) is 60.9 cm³/mol. The van der Waals surface area contributed by atoms with Crippen LogP contribution in [0.3, 0.4) is 0 Å². The molecular formula is C10H13N3OS. The van der Waals surface area contributed by atoms with Gasteiger partial charge in [0.2, 0.25) is 0 Å². The highest BCUT2D eigenvalue weighted by molar-refractivity contribution is 7.07. The van der Waals surface area contributed by atoms with E-state index in [9.17, 15) is 4.79 Å². The zero-order valence-corrected chi connectivity index (χ0v) is 9.30. The van der Waals surface area contributed by atoms with Crippen LogP contribution in [0.5, 0.6) is 0 Å². The van der Waals surface area contributed by atoms with E-state index in [1.54, 1.807) is 0 Å². The molecule has 4 nitrogen and oxygen atoms in total. The summed E-state index contributed by atoms with van der Waals surface area (Å²) < 4.78 is 2.02. The Hall–Kier alpha value is -1.33. The fraction of sp³-hybridized carbons (Fsp3) is 0.300. The standard InChI is InChI=1S/C10H13N3OS/c1-13-3-2-8(6-13)4-11-5-9-7-15-10(14)12-9/h2-3,6-7,11H,4-5H2,1H3,(H,12,14). The van der Waals surface area contributed by atoms with Crippen molar-refractivity contribution in [2.45, 2.75) is 13.1 Å². The molecule has 0 radical (unpaired) electrons. The van der Waals surface area contributed by atoms with E-state index in [2.05, 4.69) is 22.6 Å². The van der Waals surface area contributed by atoms with E-state index in [4.69, 9.17) is 0 Å². The molecule has 0 aliphatic carbocycles. The first kappa shape index (κ1) is 10.2. The summed E-state index contributed by atoms with van der Waals surface area (Å²) in [5.41, 5.74) is 2.19. The van der Waals surface area contributed by atoms with Gasteiger partial charge >= 0.3 is 4.87 Å². The second kappa shape index (κ2) is 4.46. The second-order valence-corrected chi connectivity index (χ2v) is 4.30. The van der Waals surface area contributed by atoms with E-state index in [0.29, 0.717) is 6.54 Å². The molecule has 0 saturated carbocycles. The summed E-state index contributed by atoms with van der Waals surface area (Å²) in [6.45, 7) is 1.52. The van der Waals surface area contributed by atoms with Crippen LogP contribution < -0.4 is 10.2 Å². The molecule has 0 unspecified atom stereocenters. The van der Waals surface area contributed by atoms with Gasteiger partial charge in [-0.3, -0.25) is 4.79 Å². The minimum Gasteiger partial charge on any atom is -0.357 e. The van der Waals surface area contributed by atoms with Crippen LogP contribution in [-0.4, -0.2) is 9.55 Å². The Morgan fingerprint density at radius 3 is 3.00 bits per heavy atom. The molecule has 0 spiro atoms. The maximum absolute atomic E-state index is 10.9. The molecule has 0 bridgehead atoms. The molecule has 0 aliphatic rings. The van der Waals surface area contributed by atoms with Crippen LogP contribution in [0.4, 0.5) is 0 Å². The lowest BCUT2D eigenvalue weighted by Crippen LogP contribution is -2.13. The van der Waals surface area contributed by atoms with Crippen molar-refractivity contribution in [3.63, 3.8) is 0 Å². The summed E-state index contributed by atoms with van der Waals surface area (Å²) >= 11 is 1.20. The van der Waals surface area contributed by atoms with Crippen molar-refractivity contribution < 1.29 is 0 Å². The monoisotopic (exact) mass is 223 g/mol. The van der Waals surface area contributed by atoms with Gasteiger partial charge in [0.1, 0.15) is 0 Å². The van der Waals surface area contributed by atoms with Crippen LogP contribution >= 0.6 is 11.3 Å². The molecule has 0 fully saturated rings. The Labute approximate surface area is 91.6 Å². The number of thiazole rings is 1. The van der Waals surface area contributed by atoms with E-state index < -0.39 is 0 Å². The molecule has 15 heavy (non-hydrogen) atoms. The van der Waals surface area contributed by atoms with Crippen LogP contribution in [0.2, 0.25) is 0 Å². The van der Waals surface area contributed by atoms with Gasteiger partial charge in [-0.25, -0.2) is 0 Å². The molecule has 0 aliphatic heterocycles. The first-order valence-corrected chi connectivity index (χ1v) is 5.60. The van der Waals surface area contributed by atoms with Crippen LogP contribution in [0.15, 0.2) is 28.6 Å². The molecule has 0 amide bonds. The van der Waals surface area contributed by atoms with E-state index in [0.717, 1.165) is 12.2 Å². The lowest BCUT2D eigenvalue weighted by molar-refractivity contribution is 0.680. The smallest absolute Gasteiger partial charge is 0.304 e. The highest BCUT2D eigenvalue weighted by atomic mass is 32.1. The zero-order valence-electron chi connectivity index (χ0n) is 8.49. The third kappa shape index (κ3) is 2.81. The van der Waals surface area contributed by atoms with Gasteiger partial charge in [0.05, 0.1) is 0 Å². The van der Waals surface area contributed by atoms with Gasteiger partial charge in [-0.1, -0.05) is 11.3 Å². The fourth-order valence-corrected chi connectivity index (χ4v) is 1.99. The topological polar surface area (TPSA) is 49.8 Å². The fourth-order valence-electron chi connectivity index (χ4n) is 1.41. The van der Waals surface area contributed by atoms with Crippen molar-refractivity contribution >= 4 is 11.3 Å². The van der Waals surface area contributed by atoms with Crippen molar-refractivity contribution in [1.82, 2.24) is 14.9 Å². The SMILES string of the molecule is Cn1ccc(CNCc2csc(=O)[nH]2)c1. The average Bonchev–Trinajstić information content (AvgIpc) is 2.76. The first-order chi connectivity index (χ1) is 7.24. The van der Waals surface area contributed by atoms with Gasteiger partial charge in [-0.15, -0.1) is 0 Å². The summed E-state index contributed by atoms with van der Waals surface area (Å²) in [4.78, 5) is 13.6. The molecular weight excluding hydrogens is 210 g/mol. The van der Waals surface area contributed by atoms with E-state index in [1.165, 1.54) is 16.9 Å². The summed E-state index contributed by atoms with van der Waals surface area (Å²) in [5, 5.41) is 5.12. The van der Waals surface area contributed by atoms with Crippen LogP contribution in [0.25, 0.3) is 0 Å². The highest BCUT2D eigenvalue weighted by Gasteiger charge is 1.97. The predicted octanol–water partition coefficient (Wildman–Crippen LogP) is 1.06. The van der Waals surface area contributed by atoms with E-state index in [-0.39, 0.29) is 4.87 Å². The molecule has 2 aromatic heterocycles. The molecule has 0 saturated heterocycles. The Bertz CT molecular complexity index is 483. The van der Waals surface area contributed by atoms with Gasteiger partial charge in [-0.2, -0.15) is 0 Å². The number of hydrogen-bond acceptors (Lipinski definition) is 3. The lowest BCUT2D eigenvalue weighted by atomic mass is 10.3. The van der Waals surface area contributed by atoms with Gasteiger partial charge in [0, 0.05) is 43.6 Å². The molecule has 0 aromatic carbocycles. The normalized spacial score (nSPS) is 10.7. The quantitative estimate of drug-likeness (QED) is 0.814. The second-order valence-electron chi connectivity index (χ2n) is 3.46. The molecule has 2 N–H and O–H groups in total. The molecule has 2 rings (SSSR count). The Morgan fingerprint density at radius 1 is 1.53 bits per heavy atom. The summed E-state index contributed by atoms with van der Waals surface area (Å²) in [7, 11) is 2.00. The Morgan fingerprint density at radius 2 is 2.40 bits per heavy atom. The molecule has 2 heterocycles. The third-order valence-electron chi connectivity index (χ3n) is 2.11. The number of H-pyrrole nitrogens is 1. The maximum atomic E-state index is 10.9. The third-order valence-corrected chi connectivity index (χ3v) is 2.83. The minimum absolute atomic E-state index is 0.00603. The van der Waals surface area contributed by atoms with Gasteiger partial charge in [0.25, 0.3) is 0 Å². The van der Waals surface area contributed by atoms with Crippen LogP contribution in [0.1, 0.15) is 11.3 Å². The van der Waals surface area contributed by atoms with Crippen molar-refractivity contribution in [1.29, 1.82) is 0 Å². The van der Waals surface area contributed by atoms with Gasteiger partial charge < -0.3 is 14.9 Å². The van der Waals surface area contributed by atoms with Crippen LogP contribution in [0, 0.1) is 0 Å². The number of nitrogens with one attached hydrogen (secondary N) is 2. The lowest BCUT2D eigenvalue weighted by Gasteiger charge is -2.00. The largest absolute Gasteiger partial charge is 0.357 e.